The second-order valence-corrected chi connectivity index (χ2v) is 3.72. The van der Waals surface area contributed by atoms with Crippen molar-refractivity contribution < 1.29 is 19.5 Å². The van der Waals surface area contributed by atoms with Crippen LogP contribution in [0.3, 0.4) is 0 Å². The first-order valence-electron chi connectivity index (χ1n) is 4.41. The van der Waals surface area contributed by atoms with Gasteiger partial charge in [0.15, 0.2) is 6.10 Å². The number of aromatic nitrogens is 1. The molecule has 0 aliphatic heterocycles. The summed E-state index contributed by atoms with van der Waals surface area (Å²) in [5.74, 6) is -0.577. The molecule has 0 saturated heterocycles. The summed E-state index contributed by atoms with van der Waals surface area (Å²) in [7, 11) is 0. The SMILES string of the molecule is Cc1cc(C2(C(O)C(=O)O)CC2)no1. The Bertz CT molecular complexity index is 367. The van der Waals surface area contributed by atoms with Gasteiger partial charge in [-0.25, -0.2) is 4.79 Å². The highest BCUT2D eigenvalue weighted by Crippen LogP contribution is 2.50. The number of hydrogen-bond donors (Lipinski definition) is 2. The van der Waals surface area contributed by atoms with Crippen molar-refractivity contribution in [2.45, 2.75) is 31.3 Å². The highest BCUT2D eigenvalue weighted by atomic mass is 16.5. The van der Waals surface area contributed by atoms with E-state index < -0.39 is 17.5 Å². The minimum atomic E-state index is -1.38. The molecule has 0 amide bonds. The fraction of sp³-hybridized carbons (Fsp3) is 0.556. The van der Waals surface area contributed by atoms with Crippen molar-refractivity contribution in [1.82, 2.24) is 5.16 Å². The number of nitrogens with zero attached hydrogens (tertiary/aromatic N) is 1. The van der Waals surface area contributed by atoms with Crippen LogP contribution in [0.25, 0.3) is 0 Å². The monoisotopic (exact) mass is 197 g/mol. The molecule has 76 valence electrons. The first-order valence-corrected chi connectivity index (χ1v) is 4.41. The summed E-state index contributed by atoms with van der Waals surface area (Å²) in [6.07, 6.45) is -0.0919. The Morgan fingerprint density at radius 3 is 2.71 bits per heavy atom. The van der Waals surface area contributed by atoms with E-state index in [9.17, 15) is 9.90 Å². The van der Waals surface area contributed by atoms with E-state index in [2.05, 4.69) is 5.16 Å². The van der Waals surface area contributed by atoms with E-state index in [0.717, 1.165) is 0 Å². The molecule has 1 aliphatic rings. The summed E-state index contributed by atoms with van der Waals surface area (Å²) >= 11 is 0. The predicted molar refractivity (Wildman–Crippen MR) is 45.8 cm³/mol. The molecule has 1 fully saturated rings. The largest absolute Gasteiger partial charge is 0.479 e. The quantitative estimate of drug-likeness (QED) is 0.735. The van der Waals surface area contributed by atoms with Crippen LogP contribution in [0.5, 0.6) is 0 Å². The van der Waals surface area contributed by atoms with Crippen LogP contribution in [-0.4, -0.2) is 27.4 Å². The molecule has 1 unspecified atom stereocenters. The smallest absolute Gasteiger partial charge is 0.333 e. The van der Waals surface area contributed by atoms with Gasteiger partial charge in [-0.15, -0.1) is 0 Å². The van der Waals surface area contributed by atoms with Gasteiger partial charge in [-0.1, -0.05) is 5.16 Å². The van der Waals surface area contributed by atoms with Gasteiger partial charge in [-0.2, -0.15) is 0 Å². The second-order valence-electron chi connectivity index (χ2n) is 3.72. The van der Waals surface area contributed by atoms with Crippen molar-refractivity contribution in [1.29, 1.82) is 0 Å². The molecule has 0 radical (unpaired) electrons. The van der Waals surface area contributed by atoms with Crippen LogP contribution in [0.2, 0.25) is 0 Å². The summed E-state index contributed by atoms with van der Waals surface area (Å²) < 4.78 is 4.87. The Labute approximate surface area is 80.3 Å². The normalized spacial score (nSPS) is 20.4. The van der Waals surface area contributed by atoms with Crippen molar-refractivity contribution >= 4 is 5.97 Å². The minimum absolute atomic E-state index is 0.546. The summed E-state index contributed by atoms with van der Waals surface area (Å²) in [5.41, 5.74) is -0.159. The maximum atomic E-state index is 10.7. The van der Waals surface area contributed by atoms with E-state index in [1.807, 2.05) is 0 Å². The maximum absolute atomic E-state index is 10.7. The zero-order valence-electron chi connectivity index (χ0n) is 7.73. The Morgan fingerprint density at radius 1 is 1.71 bits per heavy atom. The topological polar surface area (TPSA) is 83.6 Å². The third-order valence-corrected chi connectivity index (χ3v) is 2.68. The number of carbonyl (C=O) groups is 1. The molecule has 0 spiro atoms. The molecule has 5 heteroatoms. The van der Waals surface area contributed by atoms with E-state index >= 15 is 0 Å². The maximum Gasteiger partial charge on any atom is 0.333 e. The molecule has 1 aromatic heterocycles. The lowest BCUT2D eigenvalue weighted by atomic mass is 9.95. The molecule has 0 bridgehead atoms. The van der Waals surface area contributed by atoms with Crippen LogP contribution >= 0.6 is 0 Å². The predicted octanol–water partition coefficient (Wildman–Crippen LogP) is 0.460. The summed E-state index contributed by atoms with van der Waals surface area (Å²) in [4.78, 5) is 10.7. The Hall–Kier alpha value is -1.36. The Balaban J connectivity index is 2.29. The van der Waals surface area contributed by atoms with Crippen LogP contribution in [0.15, 0.2) is 10.6 Å². The first-order chi connectivity index (χ1) is 6.56. The molecule has 2 N–H and O–H groups in total. The second kappa shape index (κ2) is 2.81. The van der Waals surface area contributed by atoms with Crippen molar-refractivity contribution in [2.24, 2.45) is 0 Å². The molecular weight excluding hydrogens is 186 g/mol. The molecule has 5 nitrogen and oxygen atoms in total. The van der Waals surface area contributed by atoms with E-state index in [1.54, 1.807) is 13.0 Å². The average Bonchev–Trinajstić information content (AvgIpc) is 2.83. The van der Waals surface area contributed by atoms with Crippen LogP contribution < -0.4 is 0 Å². The molecule has 1 aliphatic carbocycles. The summed E-state index contributed by atoms with van der Waals surface area (Å²) in [5, 5.41) is 22.0. The zero-order chi connectivity index (χ0) is 10.3. The fourth-order valence-corrected chi connectivity index (χ4v) is 1.64. The van der Waals surface area contributed by atoms with Gasteiger partial charge in [0.1, 0.15) is 5.76 Å². The molecule has 0 aromatic carbocycles. The van der Waals surface area contributed by atoms with Crippen LogP contribution in [-0.2, 0) is 10.2 Å². The van der Waals surface area contributed by atoms with Gasteiger partial charge in [0.05, 0.1) is 11.1 Å². The van der Waals surface area contributed by atoms with Gasteiger partial charge in [0.25, 0.3) is 0 Å². The molecular formula is C9H11NO4. The number of aliphatic hydroxyl groups is 1. The lowest BCUT2D eigenvalue weighted by molar-refractivity contribution is -0.148. The van der Waals surface area contributed by atoms with Crippen LogP contribution in [0.4, 0.5) is 0 Å². The highest BCUT2D eigenvalue weighted by molar-refractivity contribution is 5.75. The standard InChI is InChI=1S/C9H11NO4/c1-5-4-6(10-14-5)9(2-3-9)7(11)8(12)13/h4,7,11H,2-3H2,1H3,(H,12,13). The van der Waals surface area contributed by atoms with E-state index in [0.29, 0.717) is 24.3 Å². The summed E-state index contributed by atoms with van der Waals surface area (Å²) in [6.45, 7) is 1.74. The van der Waals surface area contributed by atoms with E-state index in [-0.39, 0.29) is 0 Å². The molecule has 14 heavy (non-hydrogen) atoms. The first kappa shape index (κ1) is 9.21. The number of aliphatic hydroxyl groups excluding tert-OH is 1. The number of hydrogen-bond acceptors (Lipinski definition) is 4. The molecule has 2 rings (SSSR count). The number of rotatable bonds is 3. The molecule has 1 aromatic rings. The third-order valence-electron chi connectivity index (χ3n) is 2.68. The molecule has 1 saturated carbocycles. The lowest BCUT2D eigenvalue weighted by Gasteiger charge is -2.14. The lowest BCUT2D eigenvalue weighted by Crippen LogP contribution is -2.34. The van der Waals surface area contributed by atoms with Gasteiger partial charge in [-0.05, 0) is 19.8 Å². The van der Waals surface area contributed by atoms with Crippen LogP contribution in [0.1, 0.15) is 24.3 Å². The van der Waals surface area contributed by atoms with Gasteiger partial charge < -0.3 is 14.7 Å². The number of aliphatic carboxylic acids is 1. The number of carboxylic acids is 1. The number of aryl methyl sites for hydroxylation is 1. The molecule has 1 heterocycles. The fourth-order valence-electron chi connectivity index (χ4n) is 1.64. The zero-order valence-corrected chi connectivity index (χ0v) is 7.73. The van der Waals surface area contributed by atoms with Crippen molar-refractivity contribution in [3.05, 3.63) is 17.5 Å². The average molecular weight is 197 g/mol. The Kier molecular flexibility index (Phi) is 1.85. The van der Waals surface area contributed by atoms with Gasteiger partial charge >= 0.3 is 5.97 Å². The number of carboxylic acid groups (broad SMARTS) is 1. The molecule has 1 atom stereocenters. The Morgan fingerprint density at radius 2 is 2.36 bits per heavy atom. The highest BCUT2D eigenvalue weighted by Gasteiger charge is 2.55. The van der Waals surface area contributed by atoms with Gasteiger partial charge in [0.2, 0.25) is 0 Å². The van der Waals surface area contributed by atoms with E-state index in [1.165, 1.54) is 0 Å². The van der Waals surface area contributed by atoms with Gasteiger partial charge in [0, 0.05) is 6.07 Å². The third kappa shape index (κ3) is 1.21. The van der Waals surface area contributed by atoms with Crippen molar-refractivity contribution in [3.63, 3.8) is 0 Å². The van der Waals surface area contributed by atoms with Gasteiger partial charge in [-0.3, -0.25) is 0 Å². The van der Waals surface area contributed by atoms with Crippen molar-refractivity contribution in [2.75, 3.05) is 0 Å². The van der Waals surface area contributed by atoms with E-state index in [4.69, 9.17) is 9.63 Å². The minimum Gasteiger partial charge on any atom is -0.479 e. The summed E-state index contributed by atoms with van der Waals surface area (Å²) in [6, 6.07) is 1.68. The van der Waals surface area contributed by atoms with Crippen molar-refractivity contribution in [3.8, 4) is 0 Å². The van der Waals surface area contributed by atoms with Crippen LogP contribution in [0, 0.1) is 6.92 Å².